The molecule has 0 aliphatic rings. The monoisotopic (exact) mass is 206 g/mol. The fraction of sp³-hybridized carbons (Fsp3) is 0.615. The van der Waals surface area contributed by atoms with Crippen molar-refractivity contribution in [3.8, 4) is 0 Å². The van der Waals surface area contributed by atoms with Crippen LogP contribution in [0.4, 0.5) is 0 Å². The first kappa shape index (κ1) is 12.2. The molecule has 2 heteroatoms. The molecular formula is C13H22N2. The summed E-state index contributed by atoms with van der Waals surface area (Å²) in [5.41, 5.74) is 2.34. The summed E-state index contributed by atoms with van der Waals surface area (Å²) in [6.45, 7) is 10.8. The average molecular weight is 206 g/mol. The Kier molecular flexibility index (Phi) is 4.76. The van der Waals surface area contributed by atoms with Crippen molar-refractivity contribution < 1.29 is 0 Å². The topological polar surface area (TPSA) is 24.9 Å². The normalized spacial score (nSPS) is 13.1. The van der Waals surface area contributed by atoms with Gasteiger partial charge in [0.2, 0.25) is 0 Å². The number of aromatic nitrogens is 1. The van der Waals surface area contributed by atoms with Gasteiger partial charge in [-0.05, 0) is 36.9 Å². The number of hydrogen-bond acceptors (Lipinski definition) is 2. The zero-order chi connectivity index (χ0) is 11.3. The second-order valence-electron chi connectivity index (χ2n) is 4.66. The van der Waals surface area contributed by atoms with Gasteiger partial charge in [0.15, 0.2) is 0 Å². The van der Waals surface area contributed by atoms with E-state index in [1.165, 1.54) is 5.56 Å². The van der Waals surface area contributed by atoms with E-state index in [4.69, 9.17) is 0 Å². The molecule has 0 aliphatic heterocycles. The molecule has 1 heterocycles. The van der Waals surface area contributed by atoms with Crippen LogP contribution in [0.3, 0.4) is 0 Å². The summed E-state index contributed by atoms with van der Waals surface area (Å²) in [6.07, 6.45) is 1.95. The molecule has 0 fully saturated rings. The van der Waals surface area contributed by atoms with Crippen molar-refractivity contribution in [2.24, 2.45) is 11.8 Å². The zero-order valence-corrected chi connectivity index (χ0v) is 10.2. The lowest BCUT2D eigenvalue weighted by Gasteiger charge is -2.15. The third kappa shape index (κ3) is 4.43. The molecule has 0 bridgehead atoms. The first-order chi connectivity index (χ1) is 7.09. The lowest BCUT2D eigenvalue weighted by Crippen LogP contribution is -2.23. The molecule has 0 saturated heterocycles. The molecule has 1 unspecified atom stereocenters. The smallest absolute Gasteiger partial charge is 0.0372 e. The van der Waals surface area contributed by atoms with Gasteiger partial charge >= 0.3 is 0 Å². The van der Waals surface area contributed by atoms with E-state index >= 15 is 0 Å². The maximum Gasteiger partial charge on any atom is 0.0372 e. The van der Waals surface area contributed by atoms with Crippen molar-refractivity contribution in [3.05, 3.63) is 29.6 Å². The van der Waals surface area contributed by atoms with Crippen LogP contribution in [0.25, 0.3) is 0 Å². The number of nitrogens with zero attached hydrogens (tertiary/aromatic N) is 1. The number of pyridine rings is 1. The van der Waals surface area contributed by atoms with Crippen LogP contribution < -0.4 is 5.32 Å². The predicted molar refractivity (Wildman–Crippen MR) is 64.7 cm³/mol. The number of aryl methyl sites for hydroxylation is 1. The van der Waals surface area contributed by atoms with E-state index in [0.717, 1.165) is 30.6 Å². The van der Waals surface area contributed by atoms with Crippen molar-refractivity contribution in [2.45, 2.75) is 34.2 Å². The SMILES string of the molecule is Cc1ccc(CNCC(C)C(C)C)cn1. The third-order valence-corrected chi connectivity index (χ3v) is 2.91. The summed E-state index contributed by atoms with van der Waals surface area (Å²) in [5.74, 6) is 1.47. The Balaban J connectivity index is 2.29. The largest absolute Gasteiger partial charge is 0.312 e. The van der Waals surface area contributed by atoms with Gasteiger partial charge < -0.3 is 5.32 Å². The van der Waals surface area contributed by atoms with Crippen LogP contribution in [0, 0.1) is 18.8 Å². The highest BCUT2D eigenvalue weighted by Gasteiger charge is 2.05. The summed E-state index contributed by atoms with van der Waals surface area (Å²) in [7, 11) is 0. The maximum atomic E-state index is 4.27. The quantitative estimate of drug-likeness (QED) is 0.801. The molecule has 0 amide bonds. The minimum Gasteiger partial charge on any atom is -0.312 e. The van der Waals surface area contributed by atoms with E-state index in [9.17, 15) is 0 Å². The first-order valence-electron chi connectivity index (χ1n) is 5.72. The third-order valence-electron chi connectivity index (χ3n) is 2.91. The Morgan fingerprint density at radius 2 is 2.00 bits per heavy atom. The highest BCUT2D eigenvalue weighted by Crippen LogP contribution is 2.08. The Morgan fingerprint density at radius 3 is 2.53 bits per heavy atom. The van der Waals surface area contributed by atoms with E-state index in [1.54, 1.807) is 0 Å². The molecule has 0 aromatic carbocycles. The second-order valence-corrected chi connectivity index (χ2v) is 4.66. The van der Waals surface area contributed by atoms with Crippen LogP contribution in [-0.2, 0) is 6.54 Å². The Bertz CT molecular complexity index is 277. The van der Waals surface area contributed by atoms with Crippen LogP contribution in [0.1, 0.15) is 32.0 Å². The van der Waals surface area contributed by atoms with Crippen molar-refractivity contribution in [3.63, 3.8) is 0 Å². The van der Waals surface area contributed by atoms with Gasteiger partial charge in [-0.3, -0.25) is 4.98 Å². The molecule has 2 nitrogen and oxygen atoms in total. The Labute approximate surface area is 93.1 Å². The van der Waals surface area contributed by atoms with E-state index in [1.807, 2.05) is 13.1 Å². The molecule has 1 rings (SSSR count). The lowest BCUT2D eigenvalue weighted by atomic mass is 9.98. The van der Waals surface area contributed by atoms with E-state index in [-0.39, 0.29) is 0 Å². The average Bonchev–Trinajstić information content (AvgIpc) is 2.20. The standard InChI is InChI=1S/C13H22N2/c1-10(2)11(3)7-14-8-13-6-5-12(4)15-9-13/h5-6,9-11,14H,7-8H2,1-4H3. The molecular weight excluding hydrogens is 184 g/mol. The van der Waals surface area contributed by atoms with E-state index < -0.39 is 0 Å². The fourth-order valence-electron chi connectivity index (χ4n) is 1.28. The molecule has 1 aromatic heterocycles. The summed E-state index contributed by atoms with van der Waals surface area (Å²) in [4.78, 5) is 4.27. The highest BCUT2D eigenvalue weighted by atomic mass is 14.9. The van der Waals surface area contributed by atoms with Crippen LogP contribution >= 0.6 is 0 Å². The summed E-state index contributed by atoms with van der Waals surface area (Å²) in [5, 5.41) is 3.46. The van der Waals surface area contributed by atoms with E-state index in [0.29, 0.717) is 0 Å². The number of rotatable bonds is 5. The van der Waals surface area contributed by atoms with Gasteiger partial charge in [0, 0.05) is 18.4 Å². The summed E-state index contributed by atoms with van der Waals surface area (Å²) < 4.78 is 0. The van der Waals surface area contributed by atoms with Gasteiger partial charge in [0.1, 0.15) is 0 Å². The van der Waals surface area contributed by atoms with Crippen molar-refractivity contribution in [2.75, 3.05) is 6.54 Å². The molecule has 1 aromatic rings. The van der Waals surface area contributed by atoms with Crippen LogP contribution in [-0.4, -0.2) is 11.5 Å². The summed E-state index contributed by atoms with van der Waals surface area (Å²) in [6, 6.07) is 4.19. The zero-order valence-electron chi connectivity index (χ0n) is 10.2. The van der Waals surface area contributed by atoms with Gasteiger partial charge in [-0.25, -0.2) is 0 Å². The fourth-order valence-corrected chi connectivity index (χ4v) is 1.28. The van der Waals surface area contributed by atoms with Gasteiger partial charge in [-0.2, -0.15) is 0 Å². The van der Waals surface area contributed by atoms with Gasteiger partial charge in [-0.15, -0.1) is 0 Å². The number of nitrogens with one attached hydrogen (secondary N) is 1. The molecule has 0 aliphatic carbocycles. The number of hydrogen-bond donors (Lipinski definition) is 1. The minimum absolute atomic E-state index is 0.725. The molecule has 0 spiro atoms. The Hall–Kier alpha value is -0.890. The second kappa shape index (κ2) is 5.86. The molecule has 1 N–H and O–H groups in total. The van der Waals surface area contributed by atoms with Crippen molar-refractivity contribution in [1.82, 2.24) is 10.3 Å². The summed E-state index contributed by atoms with van der Waals surface area (Å²) >= 11 is 0. The molecule has 1 atom stereocenters. The van der Waals surface area contributed by atoms with E-state index in [2.05, 4.69) is 43.2 Å². The van der Waals surface area contributed by atoms with Crippen LogP contribution in [0.2, 0.25) is 0 Å². The minimum atomic E-state index is 0.725. The van der Waals surface area contributed by atoms with Crippen molar-refractivity contribution >= 4 is 0 Å². The Morgan fingerprint density at radius 1 is 1.27 bits per heavy atom. The molecule has 0 saturated carbocycles. The maximum absolute atomic E-state index is 4.27. The highest BCUT2D eigenvalue weighted by molar-refractivity contribution is 5.12. The van der Waals surface area contributed by atoms with Crippen LogP contribution in [0.5, 0.6) is 0 Å². The molecule has 84 valence electrons. The molecule has 15 heavy (non-hydrogen) atoms. The molecule has 0 radical (unpaired) electrons. The predicted octanol–water partition coefficient (Wildman–Crippen LogP) is 2.77. The van der Waals surface area contributed by atoms with Gasteiger partial charge in [-0.1, -0.05) is 26.8 Å². The van der Waals surface area contributed by atoms with Crippen LogP contribution in [0.15, 0.2) is 18.3 Å². The van der Waals surface area contributed by atoms with Gasteiger partial charge in [0.05, 0.1) is 0 Å². The van der Waals surface area contributed by atoms with Gasteiger partial charge in [0.25, 0.3) is 0 Å². The lowest BCUT2D eigenvalue weighted by molar-refractivity contribution is 0.392. The first-order valence-corrected chi connectivity index (χ1v) is 5.72. The van der Waals surface area contributed by atoms with Crippen molar-refractivity contribution in [1.29, 1.82) is 0 Å².